The van der Waals surface area contributed by atoms with Crippen LogP contribution in [-0.2, 0) is 11.8 Å². The number of nitrogens with zero attached hydrogens (tertiary/aromatic N) is 1. The predicted octanol–water partition coefficient (Wildman–Crippen LogP) is 3.36. The SMILES string of the molecule is CN1CC2CC[C@@]3(C)c4cc(O)ccc4CC1C3C2.Cl. The molecule has 1 aliphatic heterocycles. The number of aromatic hydroxyl groups is 1. The monoisotopic (exact) mass is 293 g/mol. The van der Waals surface area contributed by atoms with Gasteiger partial charge in [0.25, 0.3) is 0 Å². The lowest BCUT2D eigenvalue weighted by Gasteiger charge is -2.58. The zero-order valence-electron chi connectivity index (χ0n) is 12.3. The third kappa shape index (κ3) is 1.81. The van der Waals surface area contributed by atoms with Crippen molar-refractivity contribution in [3.05, 3.63) is 29.3 Å². The van der Waals surface area contributed by atoms with Crippen LogP contribution in [-0.4, -0.2) is 29.6 Å². The Labute approximate surface area is 127 Å². The number of likely N-dealkylation sites (tertiary alicyclic amines) is 1. The van der Waals surface area contributed by atoms with Crippen molar-refractivity contribution in [2.45, 2.75) is 44.1 Å². The van der Waals surface area contributed by atoms with Gasteiger partial charge in [0.05, 0.1) is 0 Å². The van der Waals surface area contributed by atoms with Gasteiger partial charge in [-0.1, -0.05) is 13.0 Å². The summed E-state index contributed by atoms with van der Waals surface area (Å²) in [5.74, 6) is 2.11. The van der Waals surface area contributed by atoms with Gasteiger partial charge in [0.15, 0.2) is 0 Å². The molecule has 4 atom stereocenters. The van der Waals surface area contributed by atoms with Gasteiger partial charge in [0.2, 0.25) is 0 Å². The number of phenolic OH excluding ortho intramolecular Hbond substituents is 1. The maximum Gasteiger partial charge on any atom is 0.115 e. The van der Waals surface area contributed by atoms with Crippen molar-refractivity contribution in [1.29, 1.82) is 0 Å². The molecule has 1 N–H and O–H groups in total. The second kappa shape index (κ2) is 4.64. The normalized spacial score (nSPS) is 38.8. The van der Waals surface area contributed by atoms with E-state index in [1.54, 1.807) is 0 Å². The first-order valence-electron chi connectivity index (χ1n) is 7.60. The summed E-state index contributed by atoms with van der Waals surface area (Å²) in [6.07, 6.45) is 5.20. The van der Waals surface area contributed by atoms with E-state index in [1.807, 2.05) is 12.1 Å². The summed E-state index contributed by atoms with van der Waals surface area (Å²) in [4.78, 5) is 2.60. The van der Waals surface area contributed by atoms with E-state index < -0.39 is 0 Å². The van der Waals surface area contributed by atoms with Crippen molar-refractivity contribution in [2.24, 2.45) is 11.8 Å². The molecular formula is C17H24ClNO. The Morgan fingerprint density at radius 1 is 1.35 bits per heavy atom. The lowest BCUT2D eigenvalue weighted by molar-refractivity contribution is -0.0142. The van der Waals surface area contributed by atoms with Crippen molar-refractivity contribution in [1.82, 2.24) is 4.90 Å². The van der Waals surface area contributed by atoms with E-state index in [0.717, 1.165) is 11.8 Å². The third-order valence-electron chi connectivity index (χ3n) is 6.19. The summed E-state index contributed by atoms with van der Waals surface area (Å²) in [7, 11) is 2.31. The van der Waals surface area contributed by atoms with Gasteiger partial charge in [-0.25, -0.2) is 0 Å². The highest BCUT2D eigenvalue weighted by molar-refractivity contribution is 5.85. The van der Waals surface area contributed by atoms with E-state index in [9.17, 15) is 5.11 Å². The van der Waals surface area contributed by atoms with Gasteiger partial charge in [-0.2, -0.15) is 0 Å². The molecule has 2 bridgehead atoms. The van der Waals surface area contributed by atoms with E-state index in [4.69, 9.17) is 0 Å². The van der Waals surface area contributed by atoms with Gasteiger partial charge in [-0.3, -0.25) is 0 Å². The van der Waals surface area contributed by atoms with Gasteiger partial charge < -0.3 is 10.0 Å². The van der Waals surface area contributed by atoms with Crippen LogP contribution < -0.4 is 0 Å². The fourth-order valence-electron chi connectivity index (χ4n) is 5.16. The molecule has 1 saturated heterocycles. The Bertz CT molecular complexity index is 532. The minimum absolute atomic E-state index is 0. The minimum atomic E-state index is 0. The van der Waals surface area contributed by atoms with E-state index in [2.05, 4.69) is 24.9 Å². The van der Waals surface area contributed by atoms with Crippen LogP contribution in [0.25, 0.3) is 0 Å². The molecule has 1 aromatic carbocycles. The highest BCUT2D eigenvalue weighted by atomic mass is 35.5. The number of halogens is 1. The standard InChI is InChI=1S/C17H23NO.ClH/c1-17-6-5-11-7-15(17)16(18(2)10-11)8-12-3-4-13(19)9-14(12)17;/h3-4,9,11,15-16,19H,5-8,10H2,1-2H3;1H/t11?,15?,16?,17-;/m0./s1. The van der Waals surface area contributed by atoms with Crippen molar-refractivity contribution >= 4 is 12.4 Å². The van der Waals surface area contributed by atoms with E-state index in [0.29, 0.717) is 11.8 Å². The van der Waals surface area contributed by atoms with Crippen LogP contribution in [0.3, 0.4) is 0 Å². The first kappa shape index (κ1) is 14.2. The van der Waals surface area contributed by atoms with E-state index >= 15 is 0 Å². The number of fused-ring (bicyclic) bond motifs is 3. The van der Waals surface area contributed by atoms with Crippen LogP contribution in [0.15, 0.2) is 18.2 Å². The molecule has 3 unspecified atom stereocenters. The first-order chi connectivity index (χ1) is 9.08. The van der Waals surface area contributed by atoms with Crippen LogP contribution >= 0.6 is 12.4 Å². The van der Waals surface area contributed by atoms with Gasteiger partial charge in [-0.15, -0.1) is 12.4 Å². The molecule has 0 radical (unpaired) electrons. The quantitative estimate of drug-likeness (QED) is 0.793. The average Bonchev–Trinajstić information content (AvgIpc) is 2.39. The smallest absolute Gasteiger partial charge is 0.115 e. The van der Waals surface area contributed by atoms with Gasteiger partial charge >= 0.3 is 0 Å². The molecule has 1 saturated carbocycles. The molecule has 2 fully saturated rings. The molecule has 1 heterocycles. The molecule has 4 rings (SSSR count). The molecule has 110 valence electrons. The molecule has 0 spiro atoms. The Hall–Kier alpha value is -0.730. The molecule has 0 aromatic heterocycles. The molecule has 3 heteroatoms. The molecular weight excluding hydrogens is 270 g/mol. The number of likely N-dealkylation sites (N-methyl/N-ethyl adjacent to an activating group) is 1. The first-order valence-corrected chi connectivity index (χ1v) is 7.60. The Balaban J connectivity index is 0.00000121. The van der Waals surface area contributed by atoms with Crippen molar-refractivity contribution in [3.63, 3.8) is 0 Å². The fraction of sp³-hybridized carbons (Fsp3) is 0.647. The van der Waals surface area contributed by atoms with Gasteiger partial charge in [-0.05, 0) is 73.2 Å². The van der Waals surface area contributed by atoms with E-state index in [-0.39, 0.29) is 17.8 Å². The van der Waals surface area contributed by atoms with Crippen LogP contribution in [0.2, 0.25) is 0 Å². The van der Waals surface area contributed by atoms with Crippen LogP contribution in [0.4, 0.5) is 0 Å². The summed E-state index contributed by atoms with van der Waals surface area (Å²) in [6, 6.07) is 6.76. The zero-order chi connectivity index (χ0) is 13.2. The molecule has 0 amide bonds. The average molecular weight is 294 g/mol. The largest absolute Gasteiger partial charge is 0.508 e. The lowest BCUT2D eigenvalue weighted by atomic mass is 9.53. The second-order valence-electron chi connectivity index (χ2n) is 7.22. The molecule has 2 nitrogen and oxygen atoms in total. The predicted molar refractivity (Wildman–Crippen MR) is 83.7 cm³/mol. The number of rotatable bonds is 0. The van der Waals surface area contributed by atoms with Crippen LogP contribution in [0.1, 0.15) is 37.3 Å². The molecule has 3 aliphatic rings. The van der Waals surface area contributed by atoms with Gasteiger partial charge in [0.1, 0.15) is 5.75 Å². The van der Waals surface area contributed by atoms with Crippen LogP contribution in [0.5, 0.6) is 5.75 Å². The third-order valence-corrected chi connectivity index (χ3v) is 6.19. The highest BCUT2D eigenvalue weighted by Gasteiger charge is 2.52. The van der Waals surface area contributed by atoms with Gasteiger partial charge in [0, 0.05) is 12.6 Å². The number of piperidine rings is 1. The molecule has 20 heavy (non-hydrogen) atoms. The summed E-state index contributed by atoms with van der Waals surface area (Å²) in [5.41, 5.74) is 3.18. The summed E-state index contributed by atoms with van der Waals surface area (Å²) < 4.78 is 0. The zero-order valence-corrected chi connectivity index (χ0v) is 13.1. The van der Waals surface area contributed by atoms with Crippen molar-refractivity contribution < 1.29 is 5.11 Å². The highest BCUT2D eigenvalue weighted by Crippen LogP contribution is 2.54. The molecule has 1 aromatic rings. The summed E-state index contributed by atoms with van der Waals surface area (Å²) >= 11 is 0. The maximum atomic E-state index is 9.87. The van der Waals surface area contributed by atoms with Crippen molar-refractivity contribution in [3.8, 4) is 5.75 Å². The number of hydrogen-bond acceptors (Lipinski definition) is 2. The van der Waals surface area contributed by atoms with Crippen molar-refractivity contribution in [2.75, 3.05) is 13.6 Å². The number of phenols is 1. The minimum Gasteiger partial charge on any atom is -0.508 e. The lowest BCUT2D eigenvalue weighted by Crippen LogP contribution is -2.59. The number of benzene rings is 1. The topological polar surface area (TPSA) is 23.5 Å². The second-order valence-corrected chi connectivity index (χ2v) is 7.22. The summed E-state index contributed by atoms with van der Waals surface area (Å²) in [5, 5.41) is 9.87. The number of hydrogen-bond donors (Lipinski definition) is 1. The maximum absolute atomic E-state index is 9.87. The fourth-order valence-corrected chi connectivity index (χ4v) is 5.16. The Morgan fingerprint density at radius 3 is 2.95 bits per heavy atom. The Kier molecular flexibility index (Phi) is 3.30. The van der Waals surface area contributed by atoms with Crippen LogP contribution in [0, 0.1) is 11.8 Å². The molecule has 2 aliphatic carbocycles. The summed E-state index contributed by atoms with van der Waals surface area (Å²) in [6.45, 7) is 3.72. The van der Waals surface area contributed by atoms with E-state index in [1.165, 1.54) is 43.4 Å². The Morgan fingerprint density at radius 2 is 2.15 bits per heavy atom.